The van der Waals surface area contributed by atoms with Gasteiger partial charge >= 0.3 is 0 Å². The van der Waals surface area contributed by atoms with Crippen LogP contribution in [-0.2, 0) is 20.6 Å². The molecule has 1 aliphatic rings. The van der Waals surface area contributed by atoms with Gasteiger partial charge in [-0.3, -0.25) is 4.79 Å². The lowest BCUT2D eigenvalue weighted by Crippen LogP contribution is -2.46. The molecule has 1 amide bonds. The Labute approximate surface area is 196 Å². The molecule has 4 rings (SSSR count). The molecule has 0 unspecified atom stereocenters. The number of hydrogen-bond donors (Lipinski definition) is 2. The minimum Gasteiger partial charge on any atom is -0.489 e. The molecule has 0 aliphatic heterocycles. The number of sulfonamides is 1. The molecule has 172 valence electrons. The monoisotopic (exact) mass is 488 g/mol. The highest BCUT2D eigenvalue weighted by molar-refractivity contribution is 7.88. The smallest absolute Gasteiger partial charge is 0.245 e. The van der Waals surface area contributed by atoms with E-state index in [9.17, 15) is 17.6 Å². The topological polar surface area (TPSA) is 84.5 Å². The van der Waals surface area contributed by atoms with Gasteiger partial charge in [-0.1, -0.05) is 54.6 Å². The normalized spacial score (nSPS) is 14.6. The number of ether oxygens (including phenoxy) is 1. The second kappa shape index (κ2) is 9.13. The molecular formula is C24H22ClFN2O4S. The summed E-state index contributed by atoms with van der Waals surface area (Å²) in [5, 5.41) is 4.58. The van der Waals surface area contributed by atoms with Crippen molar-refractivity contribution in [1.29, 1.82) is 0 Å². The van der Waals surface area contributed by atoms with Crippen molar-refractivity contribution in [3.63, 3.8) is 0 Å². The Morgan fingerprint density at radius 1 is 1.15 bits per heavy atom. The van der Waals surface area contributed by atoms with Gasteiger partial charge in [0, 0.05) is 27.0 Å². The minimum atomic E-state index is -3.99. The third-order valence-corrected chi connectivity index (χ3v) is 7.01. The number of fused-ring (bicyclic) bond motifs is 1. The molecule has 0 saturated heterocycles. The molecule has 0 radical (unpaired) electrons. The first-order valence-electron chi connectivity index (χ1n) is 10.3. The van der Waals surface area contributed by atoms with E-state index in [0.717, 1.165) is 16.8 Å². The van der Waals surface area contributed by atoms with E-state index < -0.39 is 33.0 Å². The number of halogens is 2. The molecule has 9 heteroatoms. The van der Waals surface area contributed by atoms with Crippen LogP contribution in [0.4, 0.5) is 10.1 Å². The van der Waals surface area contributed by atoms with Crippen molar-refractivity contribution in [1.82, 2.24) is 4.72 Å². The van der Waals surface area contributed by atoms with E-state index in [-0.39, 0.29) is 10.6 Å². The van der Waals surface area contributed by atoms with Crippen molar-refractivity contribution in [2.75, 3.05) is 11.9 Å². The SMILES string of the molecule is C=CCOc1ccc(NC(=O)C2(NS(=O)(=O)Cc3ccc(Cl)cc3F)CC2)c2ccccc12. The summed E-state index contributed by atoms with van der Waals surface area (Å²) in [4.78, 5) is 13.1. The lowest BCUT2D eigenvalue weighted by Gasteiger charge is -2.19. The molecule has 0 spiro atoms. The van der Waals surface area contributed by atoms with Crippen LogP contribution in [0.1, 0.15) is 18.4 Å². The molecule has 1 saturated carbocycles. The molecule has 2 N–H and O–H groups in total. The molecule has 1 fully saturated rings. The van der Waals surface area contributed by atoms with Gasteiger partial charge in [-0.15, -0.1) is 0 Å². The van der Waals surface area contributed by atoms with Gasteiger partial charge in [0.25, 0.3) is 0 Å². The highest BCUT2D eigenvalue weighted by atomic mass is 35.5. The Morgan fingerprint density at radius 2 is 1.88 bits per heavy atom. The average Bonchev–Trinajstić information content (AvgIpc) is 3.55. The number of carbonyl (C=O) groups excluding carboxylic acids is 1. The summed E-state index contributed by atoms with van der Waals surface area (Å²) in [6.07, 6.45) is 2.34. The summed E-state index contributed by atoms with van der Waals surface area (Å²) in [5.74, 6) is -1.13. The highest BCUT2D eigenvalue weighted by Crippen LogP contribution is 2.39. The van der Waals surface area contributed by atoms with Crippen molar-refractivity contribution < 1.29 is 22.3 Å². The first-order chi connectivity index (χ1) is 15.7. The maximum absolute atomic E-state index is 14.1. The summed E-state index contributed by atoms with van der Waals surface area (Å²) in [7, 11) is -3.99. The number of rotatable bonds is 9. The van der Waals surface area contributed by atoms with E-state index in [1.165, 1.54) is 12.1 Å². The molecule has 3 aromatic rings. The zero-order valence-electron chi connectivity index (χ0n) is 17.6. The molecule has 0 bridgehead atoms. The van der Waals surface area contributed by atoms with Gasteiger partial charge in [-0.05, 0) is 37.1 Å². The van der Waals surface area contributed by atoms with Crippen LogP contribution in [0.25, 0.3) is 10.8 Å². The van der Waals surface area contributed by atoms with Gasteiger partial charge < -0.3 is 10.1 Å². The van der Waals surface area contributed by atoms with Crippen molar-refractivity contribution in [3.05, 3.63) is 83.7 Å². The maximum Gasteiger partial charge on any atom is 0.245 e. The molecule has 0 aromatic heterocycles. The Kier molecular flexibility index (Phi) is 6.43. The zero-order valence-corrected chi connectivity index (χ0v) is 19.2. The van der Waals surface area contributed by atoms with E-state index in [0.29, 0.717) is 30.9 Å². The predicted octanol–water partition coefficient (Wildman–Crippen LogP) is 4.79. The van der Waals surface area contributed by atoms with Crippen molar-refractivity contribution in [2.45, 2.75) is 24.1 Å². The molecule has 0 atom stereocenters. The largest absolute Gasteiger partial charge is 0.489 e. The molecular weight excluding hydrogens is 467 g/mol. The van der Waals surface area contributed by atoms with Gasteiger partial charge in [0.1, 0.15) is 23.7 Å². The van der Waals surface area contributed by atoms with Crippen LogP contribution >= 0.6 is 11.6 Å². The molecule has 6 nitrogen and oxygen atoms in total. The minimum absolute atomic E-state index is 0.0239. The standard InChI is InChI=1S/C24H22ClFN2O4S/c1-2-13-32-22-10-9-21(18-5-3-4-6-19(18)22)27-23(29)24(11-12-24)28-33(30,31)15-16-7-8-17(25)14-20(16)26/h2-10,14,28H,1,11-13,15H2,(H,27,29). The van der Waals surface area contributed by atoms with Gasteiger partial charge in [-0.2, -0.15) is 4.72 Å². The van der Waals surface area contributed by atoms with Crippen molar-refractivity contribution in [2.24, 2.45) is 0 Å². The van der Waals surface area contributed by atoms with Crippen LogP contribution in [0.2, 0.25) is 5.02 Å². The molecule has 3 aromatic carbocycles. The Morgan fingerprint density at radius 3 is 2.55 bits per heavy atom. The number of carbonyl (C=O) groups is 1. The summed E-state index contributed by atoms with van der Waals surface area (Å²) in [5.41, 5.74) is -0.749. The predicted molar refractivity (Wildman–Crippen MR) is 127 cm³/mol. The van der Waals surface area contributed by atoms with Crippen LogP contribution in [-0.4, -0.2) is 26.5 Å². The second-order valence-electron chi connectivity index (χ2n) is 7.89. The number of nitrogens with one attached hydrogen (secondary N) is 2. The Hall–Kier alpha value is -2.94. The lowest BCUT2D eigenvalue weighted by atomic mass is 10.1. The van der Waals surface area contributed by atoms with Crippen LogP contribution in [0.5, 0.6) is 5.75 Å². The molecule has 1 aliphatic carbocycles. The number of amides is 1. The van der Waals surface area contributed by atoms with Crippen LogP contribution in [0, 0.1) is 5.82 Å². The Balaban J connectivity index is 1.53. The van der Waals surface area contributed by atoms with E-state index >= 15 is 0 Å². The number of anilines is 1. The third kappa shape index (κ3) is 5.19. The van der Waals surface area contributed by atoms with Crippen molar-refractivity contribution >= 4 is 44.0 Å². The zero-order chi connectivity index (χ0) is 23.6. The summed E-state index contributed by atoms with van der Waals surface area (Å²) in [6, 6.07) is 14.7. The van der Waals surface area contributed by atoms with E-state index in [2.05, 4.69) is 16.6 Å². The lowest BCUT2D eigenvalue weighted by molar-refractivity contribution is -0.118. The third-order valence-electron chi connectivity index (χ3n) is 5.39. The van der Waals surface area contributed by atoms with E-state index in [1.54, 1.807) is 18.2 Å². The average molecular weight is 489 g/mol. The fourth-order valence-corrected chi connectivity index (χ4v) is 5.34. The highest BCUT2D eigenvalue weighted by Gasteiger charge is 2.52. The second-order valence-corrected chi connectivity index (χ2v) is 10.0. The summed E-state index contributed by atoms with van der Waals surface area (Å²) < 4.78 is 47.6. The number of hydrogen-bond acceptors (Lipinski definition) is 4. The summed E-state index contributed by atoms with van der Waals surface area (Å²) in [6.45, 7) is 3.99. The van der Waals surface area contributed by atoms with Gasteiger partial charge in [0.2, 0.25) is 15.9 Å². The summed E-state index contributed by atoms with van der Waals surface area (Å²) >= 11 is 5.73. The van der Waals surface area contributed by atoms with Crippen LogP contribution < -0.4 is 14.8 Å². The fourth-order valence-electron chi connectivity index (χ4n) is 3.57. The van der Waals surface area contributed by atoms with Crippen LogP contribution in [0.3, 0.4) is 0 Å². The molecule has 0 heterocycles. The molecule has 33 heavy (non-hydrogen) atoms. The van der Waals surface area contributed by atoms with Gasteiger partial charge in [-0.25, -0.2) is 12.8 Å². The fraction of sp³-hybridized carbons (Fsp3) is 0.208. The number of benzene rings is 3. The van der Waals surface area contributed by atoms with Gasteiger partial charge in [0.15, 0.2) is 0 Å². The Bertz CT molecular complexity index is 1340. The maximum atomic E-state index is 14.1. The first-order valence-corrected chi connectivity index (χ1v) is 12.3. The first kappa shape index (κ1) is 23.2. The van der Waals surface area contributed by atoms with E-state index in [1.807, 2.05) is 24.3 Å². The van der Waals surface area contributed by atoms with Crippen molar-refractivity contribution in [3.8, 4) is 5.75 Å². The van der Waals surface area contributed by atoms with Gasteiger partial charge in [0.05, 0.1) is 5.75 Å². The quantitative estimate of drug-likeness (QED) is 0.424. The van der Waals surface area contributed by atoms with Crippen LogP contribution in [0.15, 0.2) is 67.3 Å². The van der Waals surface area contributed by atoms with E-state index in [4.69, 9.17) is 16.3 Å².